The largest absolute Gasteiger partial charge is 0.370 e. The van der Waals surface area contributed by atoms with Gasteiger partial charge in [0.2, 0.25) is 0 Å². The molecule has 1 heterocycles. The number of carbonyl (C=O) groups excluding carboxylic acids is 1. The number of hydrogen-bond donors (Lipinski definition) is 1. The molecule has 0 radical (unpaired) electrons. The van der Waals surface area contributed by atoms with Gasteiger partial charge in [-0.15, -0.1) is 0 Å². The van der Waals surface area contributed by atoms with Crippen molar-refractivity contribution in [3.63, 3.8) is 0 Å². The van der Waals surface area contributed by atoms with Gasteiger partial charge in [-0.25, -0.2) is 0 Å². The zero-order valence-corrected chi connectivity index (χ0v) is 16.1. The van der Waals surface area contributed by atoms with Gasteiger partial charge in [-0.3, -0.25) is 9.59 Å². The summed E-state index contributed by atoms with van der Waals surface area (Å²) in [7, 11) is 0. The number of carbonyl (C=O) groups is 1. The van der Waals surface area contributed by atoms with Gasteiger partial charge in [0.15, 0.2) is 0 Å². The highest BCUT2D eigenvalue weighted by Gasteiger charge is 2.11. The molecule has 0 aliphatic rings. The third kappa shape index (κ3) is 4.65. The van der Waals surface area contributed by atoms with E-state index in [1.165, 1.54) is 22.4 Å². The van der Waals surface area contributed by atoms with Crippen LogP contribution in [0.1, 0.15) is 23.0 Å². The van der Waals surface area contributed by atoms with Crippen LogP contribution in [0.5, 0.6) is 0 Å². The second-order valence-electron chi connectivity index (χ2n) is 6.48. The molecule has 0 fully saturated rings. The van der Waals surface area contributed by atoms with E-state index >= 15 is 0 Å². The van der Waals surface area contributed by atoms with E-state index in [9.17, 15) is 9.59 Å². The summed E-state index contributed by atoms with van der Waals surface area (Å²) in [6, 6.07) is 20.1. The number of aryl methyl sites for hydroxylation is 1. The van der Waals surface area contributed by atoms with Crippen molar-refractivity contribution in [1.29, 1.82) is 0 Å². The number of para-hydroxylation sites is 1. The van der Waals surface area contributed by atoms with Gasteiger partial charge in [-0.2, -0.15) is 9.78 Å². The molecule has 0 spiro atoms. The Balaban J connectivity index is 1.66. The Morgan fingerprint density at radius 1 is 1.07 bits per heavy atom. The fourth-order valence-corrected chi connectivity index (χ4v) is 2.98. The van der Waals surface area contributed by atoms with Gasteiger partial charge in [-0.05, 0) is 49.7 Å². The molecule has 1 amide bonds. The average Bonchev–Trinajstić information content (AvgIpc) is 2.72. The zero-order chi connectivity index (χ0) is 19.9. The molecule has 1 aromatic heterocycles. The van der Waals surface area contributed by atoms with Crippen LogP contribution >= 0.6 is 0 Å². The summed E-state index contributed by atoms with van der Waals surface area (Å²) < 4.78 is 1.24. The minimum atomic E-state index is -0.301. The molecule has 3 rings (SSSR count). The van der Waals surface area contributed by atoms with Gasteiger partial charge in [-0.1, -0.05) is 30.3 Å². The summed E-state index contributed by atoms with van der Waals surface area (Å²) in [5.74, 6) is -0.301. The number of hydrogen-bond acceptors (Lipinski definition) is 4. The molecule has 0 atom stereocenters. The minimum Gasteiger partial charge on any atom is -0.370 e. The zero-order valence-electron chi connectivity index (χ0n) is 16.1. The van der Waals surface area contributed by atoms with Crippen LogP contribution in [0.2, 0.25) is 0 Å². The molecule has 0 saturated carbocycles. The third-order valence-corrected chi connectivity index (χ3v) is 4.45. The molecule has 6 heteroatoms. The van der Waals surface area contributed by atoms with Gasteiger partial charge in [0, 0.05) is 31.4 Å². The molecule has 0 bridgehead atoms. The van der Waals surface area contributed by atoms with E-state index in [0.29, 0.717) is 18.8 Å². The maximum absolute atomic E-state index is 12.5. The molecule has 6 nitrogen and oxygen atoms in total. The molecule has 0 saturated heterocycles. The van der Waals surface area contributed by atoms with Crippen LogP contribution < -0.4 is 15.8 Å². The molecule has 1 N–H and O–H groups in total. The number of anilines is 1. The van der Waals surface area contributed by atoms with E-state index in [0.717, 1.165) is 12.2 Å². The summed E-state index contributed by atoms with van der Waals surface area (Å²) in [4.78, 5) is 26.8. The number of likely N-dealkylation sites (N-methyl/N-ethyl adjacent to an activating group) is 1. The standard InChI is InChI=1S/C22H24N4O2/c1-3-25(19-11-7-8-17(2)16-19)15-14-23-22(28)20-12-13-21(27)26(24-20)18-9-5-4-6-10-18/h4-13,16H,3,14-15H2,1-2H3,(H,23,28). The van der Waals surface area contributed by atoms with Gasteiger partial charge in [0.1, 0.15) is 5.69 Å². The van der Waals surface area contributed by atoms with E-state index in [1.807, 2.05) is 24.3 Å². The van der Waals surface area contributed by atoms with Crippen LogP contribution in [0.25, 0.3) is 5.69 Å². The molecule has 0 unspecified atom stereocenters. The van der Waals surface area contributed by atoms with Crippen LogP contribution in [-0.4, -0.2) is 35.3 Å². The average molecular weight is 376 g/mol. The van der Waals surface area contributed by atoms with E-state index in [-0.39, 0.29) is 17.2 Å². The van der Waals surface area contributed by atoms with Crippen molar-refractivity contribution in [3.05, 3.63) is 88.3 Å². The monoisotopic (exact) mass is 376 g/mol. The lowest BCUT2D eigenvalue weighted by molar-refractivity contribution is 0.0948. The second-order valence-corrected chi connectivity index (χ2v) is 6.48. The number of nitrogens with zero attached hydrogens (tertiary/aromatic N) is 3. The van der Waals surface area contributed by atoms with Crippen LogP contribution in [0.3, 0.4) is 0 Å². The van der Waals surface area contributed by atoms with Gasteiger partial charge in [0.25, 0.3) is 11.5 Å². The highest BCUT2D eigenvalue weighted by atomic mass is 16.2. The van der Waals surface area contributed by atoms with Crippen molar-refractivity contribution < 1.29 is 4.79 Å². The Morgan fingerprint density at radius 3 is 2.57 bits per heavy atom. The first-order chi connectivity index (χ1) is 13.6. The Kier molecular flexibility index (Phi) is 6.22. The van der Waals surface area contributed by atoms with Crippen LogP contribution in [0, 0.1) is 6.92 Å². The number of rotatable bonds is 7. The summed E-state index contributed by atoms with van der Waals surface area (Å²) in [6.07, 6.45) is 0. The Morgan fingerprint density at radius 2 is 1.86 bits per heavy atom. The SMILES string of the molecule is CCN(CCNC(=O)c1ccc(=O)n(-c2ccccc2)n1)c1cccc(C)c1. The second kappa shape index (κ2) is 8.99. The third-order valence-electron chi connectivity index (χ3n) is 4.45. The Labute approximate surface area is 164 Å². The van der Waals surface area contributed by atoms with Gasteiger partial charge < -0.3 is 10.2 Å². The lowest BCUT2D eigenvalue weighted by atomic mass is 10.2. The fourth-order valence-electron chi connectivity index (χ4n) is 2.98. The highest BCUT2D eigenvalue weighted by molar-refractivity contribution is 5.92. The number of benzene rings is 2. The number of aromatic nitrogens is 2. The van der Waals surface area contributed by atoms with Crippen LogP contribution in [-0.2, 0) is 0 Å². The Bertz CT molecular complexity index is 999. The maximum atomic E-state index is 12.5. The first-order valence-electron chi connectivity index (χ1n) is 9.34. The van der Waals surface area contributed by atoms with E-state index in [1.54, 1.807) is 12.1 Å². The Hall–Kier alpha value is -3.41. The maximum Gasteiger partial charge on any atom is 0.271 e. The predicted molar refractivity (Wildman–Crippen MR) is 111 cm³/mol. The van der Waals surface area contributed by atoms with Gasteiger partial charge >= 0.3 is 0 Å². The molecule has 144 valence electrons. The van der Waals surface area contributed by atoms with Crippen LogP contribution in [0.15, 0.2) is 71.5 Å². The minimum absolute atomic E-state index is 0.210. The molecular weight excluding hydrogens is 352 g/mol. The molecule has 0 aliphatic carbocycles. The van der Waals surface area contributed by atoms with E-state index in [2.05, 4.69) is 47.4 Å². The molecule has 28 heavy (non-hydrogen) atoms. The van der Waals surface area contributed by atoms with Crippen molar-refractivity contribution in [1.82, 2.24) is 15.1 Å². The normalized spacial score (nSPS) is 10.5. The lowest BCUT2D eigenvalue weighted by Crippen LogP contribution is -2.36. The first kappa shape index (κ1) is 19.4. The van der Waals surface area contributed by atoms with E-state index in [4.69, 9.17) is 0 Å². The van der Waals surface area contributed by atoms with Gasteiger partial charge in [0.05, 0.1) is 5.69 Å². The van der Waals surface area contributed by atoms with Crippen molar-refractivity contribution >= 4 is 11.6 Å². The number of nitrogens with one attached hydrogen (secondary N) is 1. The quantitative estimate of drug-likeness (QED) is 0.689. The number of amides is 1. The summed E-state index contributed by atoms with van der Waals surface area (Å²) in [6.45, 7) is 6.15. The molecule has 3 aromatic rings. The topological polar surface area (TPSA) is 67.2 Å². The van der Waals surface area contributed by atoms with Crippen molar-refractivity contribution in [3.8, 4) is 5.69 Å². The summed E-state index contributed by atoms with van der Waals surface area (Å²) in [5, 5.41) is 7.10. The van der Waals surface area contributed by atoms with Crippen molar-refractivity contribution in [2.24, 2.45) is 0 Å². The predicted octanol–water partition coefficient (Wildman–Crippen LogP) is 2.80. The highest BCUT2D eigenvalue weighted by Crippen LogP contribution is 2.15. The summed E-state index contributed by atoms with van der Waals surface area (Å²) in [5.41, 5.74) is 2.89. The molecule has 0 aliphatic heterocycles. The summed E-state index contributed by atoms with van der Waals surface area (Å²) >= 11 is 0. The fraction of sp³-hybridized carbons (Fsp3) is 0.227. The van der Waals surface area contributed by atoms with Crippen LogP contribution in [0.4, 0.5) is 5.69 Å². The molecular formula is C22H24N4O2. The lowest BCUT2D eigenvalue weighted by Gasteiger charge is -2.23. The van der Waals surface area contributed by atoms with Crippen molar-refractivity contribution in [2.45, 2.75) is 13.8 Å². The molecule has 2 aromatic carbocycles. The van der Waals surface area contributed by atoms with E-state index < -0.39 is 0 Å². The first-order valence-corrected chi connectivity index (χ1v) is 9.34. The smallest absolute Gasteiger partial charge is 0.271 e. The van der Waals surface area contributed by atoms with Crippen molar-refractivity contribution in [2.75, 3.05) is 24.5 Å².